The molecule has 0 radical (unpaired) electrons. The molecule has 16 heavy (non-hydrogen) atoms. The zero-order valence-electron chi connectivity index (χ0n) is 10.9. The maximum atomic E-state index is 5.42. The second-order valence-electron chi connectivity index (χ2n) is 4.49. The van der Waals surface area contributed by atoms with Crippen molar-refractivity contribution in [1.82, 2.24) is 10.2 Å². The minimum Gasteiger partial charge on any atom is -0.382 e. The zero-order valence-corrected chi connectivity index (χ0v) is 10.9. The van der Waals surface area contributed by atoms with Crippen LogP contribution >= 0.6 is 0 Å². The highest BCUT2D eigenvalue weighted by atomic mass is 16.5. The summed E-state index contributed by atoms with van der Waals surface area (Å²) in [6, 6.07) is 0.627. The maximum absolute atomic E-state index is 5.42. The van der Waals surface area contributed by atoms with Crippen molar-refractivity contribution in [1.29, 1.82) is 0 Å². The third-order valence-corrected chi connectivity index (χ3v) is 3.20. The SMILES string of the molecule is CCC1CN(CC(COC)OC)CCCN1. The van der Waals surface area contributed by atoms with Crippen LogP contribution in [-0.2, 0) is 9.47 Å². The zero-order chi connectivity index (χ0) is 11.8. The minimum atomic E-state index is 0.195. The molecule has 0 aromatic rings. The van der Waals surface area contributed by atoms with Gasteiger partial charge in [-0.05, 0) is 25.9 Å². The predicted molar refractivity (Wildman–Crippen MR) is 65.8 cm³/mol. The molecule has 0 aliphatic carbocycles. The van der Waals surface area contributed by atoms with Gasteiger partial charge in [0.05, 0.1) is 12.7 Å². The lowest BCUT2D eigenvalue weighted by molar-refractivity contribution is 0.00578. The molecule has 0 aromatic carbocycles. The standard InChI is InChI=1S/C12H26N2O2/c1-4-11-8-14(7-5-6-13-11)9-12(16-3)10-15-2/h11-13H,4-10H2,1-3H3. The largest absolute Gasteiger partial charge is 0.382 e. The first-order chi connectivity index (χ1) is 7.80. The molecule has 0 bridgehead atoms. The normalized spacial score (nSPS) is 25.3. The molecule has 0 amide bonds. The van der Waals surface area contributed by atoms with Gasteiger partial charge in [-0.1, -0.05) is 6.92 Å². The van der Waals surface area contributed by atoms with Crippen LogP contribution in [0, 0.1) is 0 Å². The van der Waals surface area contributed by atoms with Crippen LogP contribution in [0.3, 0.4) is 0 Å². The van der Waals surface area contributed by atoms with Gasteiger partial charge < -0.3 is 14.8 Å². The van der Waals surface area contributed by atoms with Gasteiger partial charge in [0, 0.05) is 33.4 Å². The van der Waals surface area contributed by atoms with Gasteiger partial charge in [-0.15, -0.1) is 0 Å². The molecule has 1 saturated heterocycles. The highest BCUT2D eigenvalue weighted by Crippen LogP contribution is 2.05. The number of hydrogen-bond donors (Lipinski definition) is 1. The lowest BCUT2D eigenvalue weighted by Gasteiger charge is -2.27. The number of ether oxygens (including phenoxy) is 2. The van der Waals surface area contributed by atoms with Crippen molar-refractivity contribution in [3.05, 3.63) is 0 Å². The number of nitrogens with one attached hydrogen (secondary N) is 1. The van der Waals surface area contributed by atoms with Crippen LogP contribution in [0.5, 0.6) is 0 Å². The average molecular weight is 230 g/mol. The summed E-state index contributed by atoms with van der Waals surface area (Å²) in [5, 5.41) is 3.57. The van der Waals surface area contributed by atoms with Crippen molar-refractivity contribution < 1.29 is 9.47 Å². The first-order valence-electron chi connectivity index (χ1n) is 6.27. The molecule has 1 N–H and O–H groups in total. The van der Waals surface area contributed by atoms with Crippen molar-refractivity contribution in [2.75, 3.05) is 47.0 Å². The van der Waals surface area contributed by atoms with Crippen LogP contribution in [-0.4, -0.2) is 64.1 Å². The fraction of sp³-hybridized carbons (Fsp3) is 1.00. The highest BCUT2D eigenvalue weighted by molar-refractivity contribution is 4.77. The van der Waals surface area contributed by atoms with Gasteiger partial charge >= 0.3 is 0 Å². The molecule has 0 saturated carbocycles. The minimum absolute atomic E-state index is 0.195. The monoisotopic (exact) mass is 230 g/mol. The third-order valence-electron chi connectivity index (χ3n) is 3.20. The Morgan fingerprint density at radius 3 is 2.88 bits per heavy atom. The number of methoxy groups -OCH3 is 2. The molecule has 1 aliphatic rings. The average Bonchev–Trinajstić information content (AvgIpc) is 2.53. The van der Waals surface area contributed by atoms with E-state index in [0.717, 1.165) is 26.2 Å². The molecular weight excluding hydrogens is 204 g/mol. The van der Waals surface area contributed by atoms with Crippen LogP contribution < -0.4 is 5.32 Å². The van der Waals surface area contributed by atoms with Gasteiger partial charge in [0.25, 0.3) is 0 Å². The van der Waals surface area contributed by atoms with Crippen molar-refractivity contribution in [3.8, 4) is 0 Å². The lowest BCUT2D eigenvalue weighted by Crippen LogP contribution is -2.41. The van der Waals surface area contributed by atoms with Gasteiger partial charge in [-0.25, -0.2) is 0 Å². The van der Waals surface area contributed by atoms with E-state index in [9.17, 15) is 0 Å². The fourth-order valence-corrected chi connectivity index (χ4v) is 2.18. The molecule has 4 nitrogen and oxygen atoms in total. The van der Waals surface area contributed by atoms with Crippen LogP contribution in [0.25, 0.3) is 0 Å². The summed E-state index contributed by atoms with van der Waals surface area (Å²) in [6.45, 7) is 7.31. The second kappa shape index (κ2) is 8.01. The molecule has 1 aliphatic heterocycles. The van der Waals surface area contributed by atoms with E-state index in [0.29, 0.717) is 12.6 Å². The predicted octanol–water partition coefficient (Wildman–Crippen LogP) is 0.722. The van der Waals surface area contributed by atoms with E-state index in [2.05, 4.69) is 17.1 Å². The molecule has 1 fully saturated rings. The molecule has 0 spiro atoms. The topological polar surface area (TPSA) is 33.7 Å². The smallest absolute Gasteiger partial charge is 0.0931 e. The second-order valence-corrected chi connectivity index (χ2v) is 4.49. The molecular formula is C12H26N2O2. The Morgan fingerprint density at radius 1 is 1.44 bits per heavy atom. The highest BCUT2D eigenvalue weighted by Gasteiger charge is 2.19. The summed E-state index contributed by atoms with van der Waals surface area (Å²) >= 11 is 0. The van der Waals surface area contributed by atoms with Crippen molar-refractivity contribution >= 4 is 0 Å². The van der Waals surface area contributed by atoms with E-state index in [1.807, 2.05) is 0 Å². The fourth-order valence-electron chi connectivity index (χ4n) is 2.18. The van der Waals surface area contributed by atoms with Crippen LogP contribution in [0.15, 0.2) is 0 Å². The molecule has 1 rings (SSSR count). The first kappa shape index (κ1) is 13.9. The summed E-state index contributed by atoms with van der Waals surface area (Å²) in [6.07, 6.45) is 2.61. The Morgan fingerprint density at radius 2 is 2.25 bits per heavy atom. The van der Waals surface area contributed by atoms with E-state index in [1.54, 1.807) is 14.2 Å². The summed E-state index contributed by atoms with van der Waals surface area (Å²) in [7, 11) is 3.49. The molecule has 0 aromatic heterocycles. The van der Waals surface area contributed by atoms with Gasteiger partial charge in [0.2, 0.25) is 0 Å². The molecule has 96 valence electrons. The summed E-state index contributed by atoms with van der Waals surface area (Å²) < 4.78 is 10.6. The van der Waals surface area contributed by atoms with Gasteiger partial charge in [0.15, 0.2) is 0 Å². The summed E-state index contributed by atoms with van der Waals surface area (Å²) in [4.78, 5) is 2.49. The Balaban J connectivity index is 2.37. The third kappa shape index (κ3) is 4.78. The first-order valence-corrected chi connectivity index (χ1v) is 6.27. The van der Waals surface area contributed by atoms with E-state index < -0.39 is 0 Å². The van der Waals surface area contributed by atoms with Gasteiger partial charge in [-0.2, -0.15) is 0 Å². The van der Waals surface area contributed by atoms with E-state index >= 15 is 0 Å². The van der Waals surface area contributed by atoms with Gasteiger partial charge in [0.1, 0.15) is 0 Å². The number of hydrogen-bond acceptors (Lipinski definition) is 4. The summed E-state index contributed by atoms with van der Waals surface area (Å²) in [5.74, 6) is 0. The van der Waals surface area contributed by atoms with E-state index in [4.69, 9.17) is 9.47 Å². The van der Waals surface area contributed by atoms with Crippen molar-refractivity contribution in [2.45, 2.75) is 31.9 Å². The Bertz CT molecular complexity index is 178. The van der Waals surface area contributed by atoms with E-state index in [-0.39, 0.29) is 6.10 Å². The molecule has 2 unspecified atom stereocenters. The number of rotatable bonds is 6. The Labute approximate surface area is 99.3 Å². The lowest BCUT2D eigenvalue weighted by atomic mass is 10.2. The Kier molecular flexibility index (Phi) is 6.96. The van der Waals surface area contributed by atoms with E-state index in [1.165, 1.54) is 12.8 Å². The molecule has 4 heteroatoms. The van der Waals surface area contributed by atoms with Crippen molar-refractivity contribution in [3.63, 3.8) is 0 Å². The van der Waals surface area contributed by atoms with Gasteiger partial charge in [-0.3, -0.25) is 4.90 Å². The quantitative estimate of drug-likeness (QED) is 0.729. The van der Waals surface area contributed by atoms with Crippen LogP contribution in [0.4, 0.5) is 0 Å². The molecule has 2 atom stereocenters. The maximum Gasteiger partial charge on any atom is 0.0931 e. The Hall–Kier alpha value is -0.160. The number of nitrogens with zero attached hydrogens (tertiary/aromatic N) is 1. The molecule has 1 heterocycles. The van der Waals surface area contributed by atoms with Crippen LogP contribution in [0.1, 0.15) is 19.8 Å². The van der Waals surface area contributed by atoms with Crippen LogP contribution in [0.2, 0.25) is 0 Å². The van der Waals surface area contributed by atoms with Crippen molar-refractivity contribution in [2.24, 2.45) is 0 Å². The summed E-state index contributed by atoms with van der Waals surface area (Å²) in [5.41, 5.74) is 0.